The quantitative estimate of drug-likeness (QED) is 0.630. The maximum atomic E-state index is 11.5. The third-order valence-electron chi connectivity index (χ3n) is 6.13. The fraction of sp³-hybridized carbons (Fsp3) is 0.947. The average molecular weight is 342 g/mol. The zero-order chi connectivity index (χ0) is 18.0. The van der Waals surface area contributed by atoms with Gasteiger partial charge in [-0.05, 0) is 37.5 Å². The molecule has 2 aliphatic heterocycles. The summed E-state index contributed by atoms with van der Waals surface area (Å²) in [7, 11) is 0. The van der Waals surface area contributed by atoms with E-state index in [0.717, 1.165) is 32.0 Å². The Morgan fingerprint density at radius 3 is 1.96 bits per heavy atom. The van der Waals surface area contributed by atoms with Gasteiger partial charge in [0.05, 0.1) is 18.8 Å². The fourth-order valence-corrected chi connectivity index (χ4v) is 3.85. The van der Waals surface area contributed by atoms with E-state index >= 15 is 0 Å². The molecule has 2 aliphatic rings. The number of carbonyl (C=O) groups is 1. The number of aldehydes is 1. The molecule has 5 heteroatoms. The molecule has 2 rings (SSSR count). The lowest BCUT2D eigenvalue weighted by atomic mass is 9.84. The Balaban J connectivity index is 2.07. The predicted octanol–water partition coefficient (Wildman–Crippen LogP) is 3.69. The van der Waals surface area contributed by atoms with E-state index in [1.54, 1.807) is 0 Å². The Bertz CT molecular complexity index is 416. The summed E-state index contributed by atoms with van der Waals surface area (Å²) in [6.45, 7) is 13.1. The number of hydrogen-bond acceptors (Lipinski definition) is 5. The Morgan fingerprint density at radius 2 is 1.50 bits per heavy atom. The number of rotatable bonds is 8. The predicted molar refractivity (Wildman–Crippen MR) is 91.6 cm³/mol. The van der Waals surface area contributed by atoms with Gasteiger partial charge in [0.2, 0.25) is 0 Å². The molecule has 2 fully saturated rings. The molecule has 5 atom stereocenters. The normalized spacial score (nSPS) is 34.2. The standard InChI is InChI=1S/C19H34O5/c1-7-18(8-2)21-12-16(23-18)13(5)14(6)17-15(11-20)22-19(9-3,10-4)24-17/h11,13-17H,7-10,12H2,1-6H3. The van der Waals surface area contributed by atoms with Crippen LogP contribution in [0, 0.1) is 11.8 Å². The average Bonchev–Trinajstić information content (AvgIpc) is 3.23. The molecule has 0 aromatic rings. The van der Waals surface area contributed by atoms with Crippen molar-refractivity contribution < 1.29 is 23.7 Å². The van der Waals surface area contributed by atoms with Crippen molar-refractivity contribution in [1.29, 1.82) is 0 Å². The van der Waals surface area contributed by atoms with Crippen molar-refractivity contribution in [3.63, 3.8) is 0 Å². The smallest absolute Gasteiger partial charge is 0.169 e. The highest BCUT2D eigenvalue weighted by Crippen LogP contribution is 2.41. The molecule has 2 saturated heterocycles. The molecule has 24 heavy (non-hydrogen) atoms. The first-order valence-corrected chi connectivity index (χ1v) is 9.52. The second kappa shape index (κ2) is 7.81. The maximum absolute atomic E-state index is 11.5. The van der Waals surface area contributed by atoms with Crippen LogP contribution in [0.5, 0.6) is 0 Å². The van der Waals surface area contributed by atoms with Crippen LogP contribution >= 0.6 is 0 Å². The summed E-state index contributed by atoms with van der Waals surface area (Å²) in [4.78, 5) is 11.5. The van der Waals surface area contributed by atoms with Gasteiger partial charge in [-0.3, -0.25) is 0 Å². The number of ether oxygens (including phenoxy) is 4. The van der Waals surface area contributed by atoms with Crippen LogP contribution in [0.2, 0.25) is 0 Å². The first kappa shape index (κ1) is 19.8. The molecule has 0 amide bonds. The minimum atomic E-state index is -0.631. The van der Waals surface area contributed by atoms with Crippen LogP contribution in [-0.4, -0.2) is 42.8 Å². The lowest BCUT2D eigenvalue weighted by Crippen LogP contribution is -2.40. The van der Waals surface area contributed by atoms with E-state index < -0.39 is 17.7 Å². The summed E-state index contributed by atoms with van der Waals surface area (Å²) >= 11 is 0. The Hall–Kier alpha value is -0.490. The van der Waals surface area contributed by atoms with Gasteiger partial charge >= 0.3 is 0 Å². The largest absolute Gasteiger partial charge is 0.347 e. The topological polar surface area (TPSA) is 54.0 Å². The molecule has 2 heterocycles. The highest BCUT2D eigenvalue weighted by molar-refractivity contribution is 5.58. The maximum Gasteiger partial charge on any atom is 0.169 e. The van der Waals surface area contributed by atoms with Gasteiger partial charge in [-0.15, -0.1) is 0 Å². The molecule has 0 bridgehead atoms. The van der Waals surface area contributed by atoms with Crippen molar-refractivity contribution in [3.05, 3.63) is 0 Å². The van der Waals surface area contributed by atoms with Crippen molar-refractivity contribution in [1.82, 2.24) is 0 Å². The molecule has 0 aliphatic carbocycles. The zero-order valence-electron chi connectivity index (χ0n) is 16.0. The fourth-order valence-electron chi connectivity index (χ4n) is 3.85. The van der Waals surface area contributed by atoms with Crippen LogP contribution in [-0.2, 0) is 23.7 Å². The highest BCUT2D eigenvalue weighted by atomic mass is 16.8. The van der Waals surface area contributed by atoms with Gasteiger partial charge < -0.3 is 23.7 Å². The van der Waals surface area contributed by atoms with E-state index in [1.807, 2.05) is 13.8 Å². The van der Waals surface area contributed by atoms with E-state index in [2.05, 4.69) is 27.7 Å². The first-order chi connectivity index (χ1) is 11.4. The van der Waals surface area contributed by atoms with E-state index in [9.17, 15) is 4.79 Å². The molecule has 0 N–H and O–H groups in total. The van der Waals surface area contributed by atoms with E-state index in [-0.39, 0.29) is 24.0 Å². The lowest BCUT2D eigenvalue weighted by Gasteiger charge is -2.32. The van der Waals surface area contributed by atoms with Gasteiger partial charge in [0.25, 0.3) is 0 Å². The molecule has 0 spiro atoms. The van der Waals surface area contributed by atoms with Crippen LogP contribution in [0.15, 0.2) is 0 Å². The molecule has 140 valence electrons. The highest BCUT2D eigenvalue weighted by Gasteiger charge is 2.50. The Labute approximate surface area is 146 Å². The van der Waals surface area contributed by atoms with Crippen molar-refractivity contribution >= 4 is 6.29 Å². The minimum Gasteiger partial charge on any atom is -0.347 e. The second-order valence-electron chi connectivity index (χ2n) is 7.22. The zero-order valence-corrected chi connectivity index (χ0v) is 16.0. The van der Waals surface area contributed by atoms with Gasteiger partial charge in [-0.2, -0.15) is 0 Å². The van der Waals surface area contributed by atoms with Gasteiger partial charge in [0.15, 0.2) is 17.9 Å². The summed E-state index contributed by atoms with van der Waals surface area (Å²) in [6, 6.07) is 0. The van der Waals surface area contributed by atoms with E-state index in [1.165, 1.54) is 0 Å². The van der Waals surface area contributed by atoms with Crippen molar-refractivity contribution in [2.24, 2.45) is 11.8 Å². The monoisotopic (exact) mass is 342 g/mol. The first-order valence-electron chi connectivity index (χ1n) is 9.52. The molecular weight excluding hydrogens is 308 g/mol. The third kappa shape index (κ3) is 3.55. The molecule has 5 unspecified atom stereocenters. The number of hydrogen-bond donors (Lipinski definition) is 0. The summed E-state index contributed by atoms with van der Waals surface area (Å²) in [5.74, 6) is -0.732. The second-order valence-corrected chi connectivity index (χ2v) is 7.22. The van der Waals surface area contributed by atoms with Gasteiger partial charge in [-0.1, -0.05) is 41.5 Å². The number of carbonyl (C=O) groups excluding carboxylic acids is 1. The molecular formula is C19H34O5. The Kier molecular flexibility index (Phi) is 6.46. The summed E-state index contributed by atoms with van der Waals surface area (Å²) in [5.41, 5.74) is 0. The summed E-state index contributed by atoms with van der Waals surface area (Å²) in [5, 5.41) is 0. The molecule has 5 nitrogen and oxygen atoms in total. The third-order valence-corrected chi connectivity index (χ3v) is 6.13. The van der Waals surface area contributed by atoms with Crippen LogP contribution in [0.25, 0.3) is 0 Å². The minimum absolute atomic E-state index is 0.0223. The van der Waals surface area contributed by atoms with Crippen molar-refractivity contribution in [2.75, 3.05) is 6.61 Å². The molecule has 0 saturated carbocycles. The Morgan fingerprint density at radius 1 is 0.917 bits per heavy atom. The molecule has 0 aromatic carbocycles. The van der Waals surface area contributed by atoms with Gasteiger partial charge in [0.1, 0.15) is 6.10 Å². The summed E-state index contributed by atoms with van der Waals surface area (Å²) in [6.07, 6.45) is 3.33. The van der Waals surface area contributed by atoms with Crippen LogP contribution in [0.4, 0.5) is 0 Å². The lowest BCUT2D eigenvalue weighted by molar-refractivity contribution is -0.190. The van der Waals surface area contributed by atoms with Gasteiger partial charge in [-0.25, -0.2) is 0 Å². The van der Waals surface area contributed by atoms with E-state index in [0.29, 0.717) is 6.61 Å². The van der Waals surface area contributed by atoms with Crippen molar-refractivity contribution in [3.8, 4) is 0 Å². The molecule has 0 radical (unpaired) electrons. The SMILES string of the molecule is CCC1(CC)OCC(C(C)C(C)C2OC(CC)(CC)OC2C=O)O1. The van der Waals surface area contributed by atoms with Crippen LogP contribution in [0.3, 0.4) is 0 Å². The summed E-state index contributed by atoms with van der Waals surface area (Å²) < 4.78 is 24.4. The van der Waals surface area contributed by atoms with Gasteiger partial charge in [0, 0.05) is 0 Å². The van der Waals surface area contributed by atoms with Crippen LogP contribution < -0.4 is 0 Å². The van der Waals surface area contributed by atoms with Crippen LogP contribution in [0.1, 0.15) is 67.2 Å². The van der Waals surface area contributed by atoms with Crippen molar-refractivity contribution in [2.45, 2.75) is 97.1 Å². The molecule has 0 aromatic heterocycles. The van der Waals surface area contributed by atoms with E-state index in [4.69, 9.17) is 18.9 Å².